The number of anilines is 1. The van der Waals surface area contributed by atoms with Crippen molar-refractivity contribution >= 4 is 5.69 Å². The van der Waals surface area contributed by atoms with Gasteiger partial charge in [0.1, 0.15) is 11.5 Å². The molecule has 0 amide bonds. The molecule has 0 saturated carbocycles. The zero-order valence-corrected chi connectivity index (χ0v) is 18.1. The van der Waals surface area contributed by atoms with Crippen molar-refractivity contribution in [2.24, 2.45) is 0 Å². The van der Waals surface area contributed by atoms with Crippen molar-refractivity contribution in [3.05, 3.63) is 52.6 Å². The Morgan fingerprint density at radius 1 is 1.04 bits per heavy atom. The number of aromatic hydroxyl groups is 1. The van der Waals surface area contributed by atoms with Gasteiger partial charge < -0.3 is 15.6 Å². The summed E-state index contributed by atoms with van der Waals surface area (Å²) >= 11 is 0. The second kappa shape index (κ2) is 11.0. The Morgan fingerprint density at radius 3 is 2.36 bits per heavy atom. The fourth-order valence-electron chi connectivity index (χ4n) is 3.60. The highest BCUT2D eigenvalue weighted by molar-refractivity contribution is 5.63. The fraction of sp³-hybridized carbons (Fsp3) is 0.520. The highest BCUT2D eigenvalue weighted by atomic mass is 16.5. The van der Waals surface area contributed by atoms with Gasteiger partial charge in [0.2, 0.25) is 0 Å². The van der Waals surface area contributed by atoms with Gasteiger partial charge in [0.25, 0.3) is 0 Å². The molecule has 3 heteroatoms. The van der Waals surface area contributed by atoms with E-state index in [4.69, 9.17) is 10.5 Å². The lowest BCUT2D eigenvalue weighted by Gasteiger charge is -2.27. The van der Waals surface area contributed by atoms with Crippen molar-refractivity contribution in [2.75, 3.05) is 5.73 Å². The van der Waals surface area contributed by atoms with Crippen LogP contribution < -0.4 is 10.5 Å². The monoisotopic (exact) mass is 383 g/mol. The summed E-state index contributed by atoms with van der Waals surface area (Å²) < 4.78 is 6.08. The van der Waals surface area contributed by atoms with E-state index in [0.29, 0.717) is 5.69 Å². The molecule has 0 radical (unpaired) electrons. The van der Waals surface area contributed by atoms with Gasteiger partial charge in [0.15, 0.2) is 0 Å². The summed E-state index contributed by atoms with van der Waals surface area (Å²) in [6.07, 6.45) is 15.8. The Hall–Kier alpha value is -2.16. The molecule has 0 fully saturated rings. The first-order chi connectivity index (χ1) is 13.4. The SMILES string of the molecule is CC(C)=CCC/C(C)=C/CC/C(C)=C/CCC1CCc2c(ccc(O)c2N)O1. The third kappa shape index (κ3) is 7.10. The molecule has 0 spiro atoms. The maximum absolute atomic E-state index is 9.72. The fourth-order valence-corrected chi connectivity index (χ4v) is 3.60. The van der Waals surface area contributed by atoms with Crippen LogP contribution in [-0.2, 0) is 6.42 Å². The molecule has 3 nitrogen and oxygen atoms in total. The van der Waals surface area contributed by atoms with Gasteiger partial charge in [-0.1, -0.05) is 34.9 Å². The summed E-state index contributed by atoms with van der Waals surface area (Å²) in [5.41, 5.74) is 11.7. The molecule has 154 valence electrons. The number of nitrogen functional groups attached to an aromatic ring is 1. The van der Waals surface area contributed by atoms with Gasteiger partial charge in [0, 0.05) is 5.56 Å². The topological polar surface area (TPSA) is 55.5 Å². The molecule has 1 unspecified atom stereocenters. The summed E-state index contributed by atoms with van der Waals surface area (Å²) in [6.45, 7) is 8.78. The number of ether oxygens (including phenoxy) is 1. The van der Waals surface area contributed by atoms with Gasteiger partial charge in [-0.3, -0.25) is 0 Å². The van der Waals surface area contributed by atoms with E-state index in [9.17, 15) is 5.11 Å². The Bertz CT molecular complexity index is 739. The first-order valence-corrected chi connectivity index (χ1v) is 10.6. The maximum Gasteiger partial charge on any atom is 0.139 e. The standard InChI is InChI=1S/C25H37NO2/c1-18(2)8-5-9-19(3)10-6-11-20(4)12-7-13-21-14-15-22-24(28-21)17-16-23(27)25(22)26/h8,10,12,16-17,21,27H,5-7,9,11,13-15,26H2,1-4H3/b19-10+,20-12+. The van der Waals surface area contributed by atoms with Gasteiger partial charge in [-0.05, 0) is 91.2 Å². The van der Waals surface area contributed by atoms with Crippen molar-refractivity contribution in [1.29, 1.82) is 0 Å². The molecule has 0 aliphatic carbocycles. The molecular formula is C25H37NO2. The molecule has 0 bridgehead atoms. The van der Waals surface area contributed by atoms with Crippen LogP contribution in [-0.4, -0.2) is 11.2 Å². The molecule has 0 aromatic heterocycles. The maximum atomic E-state index is 9.72. The molecular weight excluding hydrogens is 346 g/mol. The molecule has 1 aliphatic rings. The minimum absolute atomic E-state index is 0.153. The molecule has 1 aromatic rings. The Labute approximate surface area is 171 Å². The van der Waals surface area contributed by atoms with Crippen LogP contribution in [0, 0.1) is 0 Å². The van der Waals surface area contributed by atoms with E-state index in [1.54, 1.807) is 6.07 Å². The molecule has 0 saturated heterocycles. The van der Waals surface area contributed by atoms with Gasteiger partial charge in [-0.25, -0.2) is 0 Å². The van der Waals surface area contributed by atoms with E-state index in [1.165, 1.54) is 16.7 Å². The summed E-state index contributed by atoms with van der Waals surface area (Å²) in [5.74, 6) is 0.988. The zero-order valence-electron chi connectivity index (χ0n) is 18.1. The average Bonchev–Trinajstić information content (AvgIpc) is 2.64. The zero-order chi connectivity index (χ0) is 20.5. The van der Waals surface area contributed by atoms with E-state index < -0.39 is 0 Å². The summed E-state index contributed by atoms with van der Waals surface area (Å²) in [7, 11) is 0. The number of nitrogens with two attached hydrogens (primary N) is 1. The van der Waals surface area contributed by atoms with Crippen molar-refractivity contribution in [3.63, 3.8) is 0 Å². The second-order valence-corrected chi connectivity index (χ2v) is 8.29. The van der Waals surface area contributed by atoms with E-state index in [0.717, 1.165) is 62.7 Å². The average molecular weight is 384 g/mol. The Morgan fingerprint density at radius 2 is 1.68 bits per heavy atom. The summed E-state index contributed by atoms with van der Waals surface area (Å²) in [5, 5.41) is 9.72. The highest BCUT2D eigenvalue weighted by Gasteiger charge is 2.22. The second-order valence-electron chi connectivity index (χ2n) is 8.29. The van der Waals surface area contributed by atoms with Crippen molar-refractivity contribution in [2.45, 2.75) is 85.2 Å². The number of phenols is 1. The van der Waals surface area contributed by atoms with Gasteiger partial charge in [-0.15, -0.1) is 0 Å². The van der Waals surface area contributed by atoms with Crippen molar-refractivity contribution in [1.82, 2.24) is 0 Å². The molecule has 1 heterocycles. The van der Waals surface area contributed by atoms with Crippen LogP contribution in [0.4, 0.5) is 5.69 Å². The van der Waals surface area contributed by atoms with Gasteiger partial charge >= 0.3 is 0 Å². The van der Waals surface area contributed by atoms with E-state index >= 15 is 0 Å². The summed E-state index contributed by atoms with van der Waals surface area (Å²) in [4.78, 5) is 0. The summed E-state index contributed by atoms with van der Waals surface area (Å²) in [6, 6.07) is 3.45. The normalized spacial score (nSPS) is 17.1. The Kier molecular flexibility index (Phi) is 8.69. The van der Waals surface area contributed by atoms with Crippen LogP contribution in [0.3, 0.4) is 0 Å². The van der Waals surface area contributed by atoms with Gasteiger partial charge in [-0.2, -0.15) is 0 Å². The Balaban J connectivity index is 1.71. The van der Waals surface area contributed by atoms with Gasteiger partial charge in [0.05, 0.1) is 11.8 Å². The number of phenolic OH excluding ortho intramolecular Hbond substituents is 1. The number of hydrogen-bond donors (Lipinski definition) is 2. The van der Waals surface area contributed by atoms with E-state index in [2.05, 4.69) is 45.9 Å². The van der Waals surface area contributed by atoms with Crippen LogP contribution >= 0.6 is 0 Å². The molecule has 1 atom stereocenters. The molecule has 1 aromatic carbocycles. The smallest absolute Gasteiger partial charge is 0.139 e. The van der Waals surface area contributed by atoms with E-state index in [1.807, 2.05) is 6.07 Å². The van der Waals surface area contributed by atoms with Crippen LogP contribution in [0.25, 0.3) is 0 Å². The lowest BCUT2D eigenvalue weighted by atomic mass is 9.97. The van der Waals surface area contributed by atoms with Crippen LogP contribution in [0.2, 0.25) is 0 Å². The first-order valence-electron chi connectivity index (χ1n) is 10.6. The molecule has 2 rings (SSSR count). The number of rotatable bonds is 9. The first kappa shape index (κ1) is 22.1. The van der Waals surface area contributed by atoms with Crippen molar-refractivity contribution < 1.29 is 9.84 Å². The number of fused-ring (bicyclic) bond motifs is 1. The minimum atomic E-state index is 0.153. The van der Waals surface area contributed by atoms with Crippen LogP contribution in [0.5, 0.6) is 11.5 Å². The lowest BCUT2D eigenvalue weighted by Crippen LogP contribution is -2.23. The largest absolute Gasteiger partial charge is 0.506 e. The number of hydrogen-bond acceptors (Lipinski definition) is 3. The quantitative estimate of drug-likeness (QED) is 0.278. The molecule has 3 N–H and O–H groups in total. The number of allylic oxidation sites excluding steroid dienone is 6. The number of benzene rings is 1. The van der Waals surface area contributed by atoms with Crippen LogP contribution in [0.15, 0.2) is 47.1 Å². The third-order valence-corrected chi connectivity index (χ3v) is 5.41. The van der Waals surface area contributed by atoms with Crippen molar-refractivity contribution in [3.8, 4) is 11.5 Å². The minimum Gasteiger partial charge on any atom is -0.506 e. The predicted molar refractivity (Wildman–Crippen MR) is 120 cm³/mol. The van der Waals surface area contributed by atoms with E-state index in [-0.39, 0.29) is 11.9 Å². The van der Waals surface area contributed by atoms with Crippen LogP contribution in [0.1, 0.15) is 78.2 Å². The molecule has 28 heavy (non-hydrogen) atoms. The molecule has 1 aliphatic heterocycles. The highest BCUT2D eigenvalue weighted by Crippen LogP contribution is 2.37. The third-order valence-electron chi connectivity index (χ3n) is 5.41. The predicted octanol–water partition coefficient (Wildman–Crippen LogP) is 6.87. The lowest BCUT2D eigenvalue weighted by molar-refractivity contribution is 0.165.